The highest BCUT2D eigenvalue weighted by Crippen LogP contribution is 2.20. The number of primary amides is 1. The zero-order valence-electron chi connectivity index (χ0n) is 12.2. The van der Waals surface area contributed by atoms with Crippen molar-refractivity contribution in [1.29, 1.82) is 0 Å². The van der Waals surface area contributed by atoms with Gasteiger partial charge in [-0.25, -0.2) is 4.79 Å². The second kappa shape index (κ2) is 9.49. The van der Waals surface area contributed by atoms with E-state index < -0.39 is 23.9 Å². The summed E-state index contributed by atoms with van der Waals surface area (Å²) in [6.07, 6.45) is 2.23. The lowest BCUT2D eigenvalue weighted by atomic mass is 10.2. The van der Waals surface area contributed by atoms with Gasteiger partial charge < -0.3 is 11.1 Å². The van der Waals surface area contributed by atoms with Crippen LogP contribution in [0.3, 0.4) is 0 Å². The minimum Gasteiger partial charge on any atom is -0.352 e. The normalized spacial score (nSPS) is 11.4. The number of hydrazine groups is 1. The van der Waals surface area contributed by atoms with Gasteiger partial charge in [-0.3, -0.25) is 20.4 Å². The number of thioether (sulfide) groups is 1. The van der Waals surface area contributed by atoms with E-state index in [4.69, 9.17) is 28.9 Å². The van der Waals surface area contributed by atoms with Crippen LogP contribution in [0.25, 0.3) is 0 Å². The fourth-order valence-corrected chi connectivity index (χ4v) is 2.47. The van der Waals surface area contributed by atoms with Crippen LogP contribution in [0.5, 0.6) is 0 Å². The molecule has 23 heavy (non-hydrogen) atoms. The molecule has 0 unspecified atom stereocenters. The van der Waals surface area contributed by atoms with Crippen molar-refractivity contribution >= 4 is 52.8 Å². The number of carbonyl (C=O) groups is 3. The fraction of sp³-hybridized carbons (Fsp3) is 0.308. The number of carbonyl (C=O) groups excluding carboxylic acids is 3. The second-order valence-electron chi connectivity index (χ2n) is 4.41. The first-order chi connectivity index (χ1) is 10.8. The van der Waals surface area contributed by atoms with E-state index in [-0.39, 0.29) is 10.6 Å². The third-order valence-corrected chi connectivity index (χ3v) is 3.92. The molecule has 0 fully saturated rings. The maximum Gasteiger partial charge on any atom is 0.312 e. The van der Waals surface area contributed by atoms with Gasteiger partial charge in [-0.15, -0.1) is 0 Å². The molecule has 1 rings (SSSR count). The Bertz CT molecular complexity index is 601. The third-order valence-electron chi connectivity index (χ3n) is 2.72. The summed E-state index contributed by atoms with van der Waals surface area (Å²) in [5.41, 5.74) is 9.58. The lowest BCUT2D eigenvalue weighted by Gasteiger charge is -2.17. The number of urea groups is 1. The topological polar surface area (TPSA) is 113 Å². The average Bonchev–Trinajstić information content (AvgIpc) is 2.50. The zero-order valence-corrected chi connectivity index (χ0v) is 14.5. The molecule has 0 spiro atoms. The number of halogens is 2. The molecular formula is C13H16Cl2N4O3S. The van der Waals surface area contributed by atoms with Gasteiger partial charge in [-0.1, -0.05) is 23.2 Å². The maximum absolute atomic E-state index is 12.0. The Morgan fingerprint density at radius 1 is 1.26 bits per heavy atom. The number of hydrogen-bond donors (Lipinski definition) is 4. The molecule has 0 saturated heterocycles. The van der Waals surface area contributed by atoms with Crippen molar-refractivity contribution < 1.29 is 14.4 Å². The van der Waals surface area contributed by atoms with Gasteiger partial charge in [0.1, 0.15) is 6.04 Å². The summed E-state index contributed by atoms with van der Waals surface area (Å²) in [7, 11) is 0. The summed E-state index contributed by atoms with van der Waals surface area (Å²) < 4.78 is 0. The Morgan fingerprint density at radius 3 is 2.57 bits per heavy atom. The van der Waals surface area contributed by atoms with Crippen molar-refractivity contribution in [1.82, 2.24) is 16.2 Å². The van der Waals surface area contributed by atoms with Gasteiger partial charge in [0, 0.05) is 5.02 Å². The molecule has 1 atom stereocenters. The van der Waals surface area contributed by atoms with E-state index in [0.29, 0.717) is 17.2 Å². The molecule has 10 heteroatoms. The minimum absolute atomic E-state index is 0.114. The Morgan fingerprint density at radius 2 is 1.96 bits per heavy atom. The molecule has 0 aliphatic heterocycles. The van der Waals surface area contributed by atoms with Crippen LogP contribution in [0.15, 0.2) is 18.2 Å². The van der Waals surface area contributed by atoms with E-state index >= 15 is 0 Å². The van der Waals surface area contributed by atoms with Crippen LogP contribution in [0.2, 0.25) is 10.0 Å². The SMILES string of the molecule is CSCC[C@@H](NC(N)=O)C(=O)NNC(=O)c1cc(Cl)ccc1Cl. The molecule has 0 aliphatic rings. The molecule has 0 aromatic heterocycles. The van der Waals surface area contributed by atoms with Crippen LogP contribution in [-0.4, -0.2) is 35.9 Å². The van der Waals surface area contributed by atoms with Crippen LogP contribution in [0.4, 0.5) is 4.79 Å². The van der Waals surface area contributed by atoms with Gasteiger partial charge in [0.25, 0.3) is 11.8 Å². The number of rotatable bonds is 6. The summed E-state index contributed by atoms with van der Waals surface area (Å²) in [5, 5.41) is 2.84. The monoisotopic (exact) mass is 378 g/mol. The highest BCUT2D eigenvalue weighted by Gasteiger charge is 2.20. The molecule has 0 aliphatic carbocycles. The number of nitrogens with two attached hydrogens (primary N) is 1. The minimum atomic E-state index is -0.852. The predicted octanol–water partition coefficient (Wildman–Crippen LogP) is 1.54. The zero-order chi connectivity index (χ0) is 17.4. The highest BCUT2D eigenvalue weighted by molar-refractivity contribution is 7.98. The molecule has 0 radical (unpaired) electrons. The second-order valence-corrected chi connectivity index (χ2v) is 6.24. The van der Waals surface area contributed by atoms with E-state index in [1.807, 2.05) is 6.26 Å². The summed E-state index contributed by atoms with van der Waals surface area (Å²) in [6.45, 7) is 0. The Hall–Kier alpha value is -1.64. The average molecular weight is 379 g/mol. The lowest BCUT2D eigenvalue weighted by molar-refractivity contribution is -0.123. The van der Waals surface area contributed by atoms with E-state index in [2.05, 4.69) is 16.2 Å². The first-order valence-electron chi connectivity index (χ1n) is 6.45. The van der Waals surface area contributed by atoms with Crippen molar-refractivity contribution in [2.75, 3.05) is 12.0 Å². The number of benzene rings is 1. The molecule has 7 nitrogen and oxygen atoms in total. The van der Waals surface area contributed by atoms with Crippen molar-refractivity contribution in [2.24, 2.45) is 5.73 Å². The van der Waals surface area contributed by atoms with Crippen molar-refractivity contribution in [3.63, 3.8) is 0 Å². The molecular weight excluding hydrogens is 363 g/mol. The summed E-state index contributed by atoms with van der Waals surface area (Å²) in [6, 6.07) is 2.70. The van der Waals surface area contributed by atoms with Crippen molar-refractivity contribution in [2.45, 2.75) is 12.5 Å². The van der Waals surface area contributed by atoms with Gasteiger partial charge in [0.15, 0.2) is 0 Å². The first-order valence-corrected chi connectivity index (χ1v) is 8.60. The molecule has 4 amide bonds. The van der Waals surface area contributed by atoms with Crippen molar-refractivity contribution in [3.05, 3.63) is 33.8 Å². The molecule has 0 bridgehead atoms. The third kappa shape index (κ3) is 6.55. The van der Waals surface area contributed by atoms with E-state index in [1.54, 1.807) is 0 Å². The molecule has 1 aromatic rings. The van der Waals surface area contributed by atoms with E-state index in [1.165, 1.54) is 30.0 Å². The summed E-state index contributed by atoms with van der Waals surface area (Å²) >= 11 is 13.2. The van der Waals surface area contributed by atoms with E-state index in [0.717, 1.165) is 0 Å². The predicted molar refractivity (Wildman–Crippen MR) is 91.6 cm³/mol. The largest absolute Gasteiger partial charge is 0.352 e. The Kier molecular flexibility index (Phi) is 8.01. The molecule has 0 heterocycles. The standard InChI is InChI=1S/C13H16Cl2N4O3S/c1-23-5-4-10(17-13(16)22)12(21)19-18-11(20)8-6-7(14)2-3-9(8)15/h2-3,6,10H,4-5H2,1H3,(H,18,20)(H,19,21)(H3,16,17,22)/t10-/m1/s1. The van der Waals surface area contributed by atoms with Gasteiger partial charge in [0.2, 0.25) is 0 Å². The van der Waals surface area contributed by atoms with Crippen LogP contribution in [0.1, 0.15) is 16.8 Å². The highest BCUT2D eigenvalue weighted by atomic mass is 35.5. The number of amides is 4. The quantitative estimate of drug-likeness (QED) is 0.562. The first kappa shape index (κ1) is 19.4. The number of hydrogen-bond acceptors (Lipinski definition) is 4. The molecule has 5 N–H and O–H groups in total. The van der Waals surface area contributed by atoms with E-state index in [9.17, 15) is 14.4 Å². The van der Waals surface area contributed by atoms with Gasteiger partial charge >= 0.3 is 6.03 Å². The molecule has 0 saturated carbocycles. The summed E-state index contributed by atoms with van der Waals surface area (Å²) in [5.74, 6) is -0.593. The Balaban J connectivity index is 2.66. The smallest absolute Gasteiger partial charge is 0.312 e. The van der Waals surface area contributed by atoms with Crippen LogP contribution in [0, 0.1) is 0 Å². The van der Waals surface area contributed by atoms with Gasteiger partial charge in [0.05, 0.1) is 10.6 Å². The van der Waals surface area contributed by atoms with Gasteiger partial charge in [-0.05, 0) is 36.6 Å². The van der Waals surface area contributed by atoms with Crippen LogP contribution in [-0.2, 0) is 4.79 Å². The lowest BCUT2D eigenvalue weighted by Crippen LogP contribution is -2.53. The fourth-order valence-electron chi connectivity index (χ4n) is 1.62. The Labute approximate surface area is 147 Å². The van der Waals surface area contributed by atoms with Crippen LogP contribution < -0.4 is 21.9 Å². The van der Waals surface area contributed by atoms with Crippen molar-refractivity contribution in [3.8, 4) is 0 Å². The summed E-state index contributed by atoms with van der Waals surface area (Å²) in [4.78, 5) is 34.9. The van der Waals surface area contributed by atoms with Crippen LogP contribution >= 0.6 is 35.0 Å². The number of nitrogens with one attached hydrogen (secondary N) is 3. The van der Waals surface area contributed by atoms with Gasteiger partial charge in [-0.2, -0.15) is 11.8 Å². The maximum atomic E-state index is 12.0. The molecule has 1 aromatic carbocycles. The molecule has 126 valence electrons.